The first-order valence-corrected chi connectivity index (χ1v) is 9.85. The zero-order valence-electron chi connectivity index (χ0n) is 16.7. The van der Waals surface area contributed by atoms with Gasteiger partial charge < -0.3 is 19.7 Å². The summed E-state index contributed by atoms with van der Waals surface area (Å²) in [6.45, 7) is 0.453. The Hall–Kier alpha value is -2.62. The van der Waals surface area contributed by atoms with Gasteiger partial charge in [-0.1, -0.05) is 19.3 Å². The maximum absolute atomic E-state index is 13.6. The van der Waals surface area contributed by atoms with Crippen LogP contribution in [0.3, 0.4) is 0 Å². The van der Waals surface area contributed by atoms with Crippen LogP contribution in [0.25, 0.3) is 0 Å². The molecule has 1 amide bonds. The fourth-order valence-electron chi connectivity index (χ4n) is 3.64. The number of alkyl halides is 3. The Morgan fingerprint density at radius 3 is 2.63 bits per heavy atom. The second-order valence-electron chi connectivity index (χ2n) is 7.61. The predicted octanol–water partition coefficient (Wildman–Crippen LogP) is 3.55. The van der Waals surface area contributed by atoms with Crippen LogP contribution in [0.5, 0.6) is 5.75 Å². The summed E-state index contributed by atoms with van der Waals surface area (Å²) in [6.07, 6.45) is 3.05. The van der Waals surface area contributed by atoms with Crippen LogP contribution in [-0.2, 0) is 17.4 Å². The molecule has 2 aromatic heterocycles. The molecule has 0 saturated heterocycles. The topological polar surface area (TPSA) is 89.3 Å². The van der Waals surface area contributed by atoms with Gasteiger partial charge >= 0.3 is 6.18 Å². The minimum absolute atomic E-state index is 0.0164. The number of aromatic nitrogens is 3. The van der Waals surface area contributed by atoms with Crippen molar-refractivity contribution in [2.24, 2.45) is 13.0 Å². The number of pyridine rings is 1. The fraction of sp³-hybridized carbons (Fsp3) is 0.550. The number of ether oxygens (including phenoxy) is 1. The van der Waals surface area contributed by atoms with Crippen LogP contribution in [0.4, 0.5) is 19.0 Å². The molecule has 1 aliphatic rings. The van der Waals surface area contributed by atoms with Crippen LogP contribution < -0.4 is 10.1 Å². The second-order valence-corrected chi connectivity index (χ2v) is 7.61. The normalized spacial score (nSPS) is 17.4. The van der Waals surface area contributed by atoms with Crippen molar-refractivity contribution in [2.75, 3.05) is 11.9 Å². The van der Waals surface area contributed by atoms with E-state index in [1.165, 1.54) is 25.9 Å². The lowest BCUT2D eigenvalue weighted by Crippen LogP contribution is -2.46. The molecule has 1 unspecified atom stereocenters. The Labute approximate surface area is 172 Å². The largest absolute Gasteiger partial charge is 0.489 e. The number of aryl methyl sites for hydroxylation is 1. The van der Waals surface area contributed by atoms with E-state index in [0.29, 0.717) is 12.5 Å². The van der Waals surface area contributed by atoms with Gasteiger partial charge in [0.15, 0.2) is 17.4 Å². The predicted molar refractivity (Wildman–Crippen MR) is 103 cm³/mol. The van der Waals surface area contributed by atoms with Crippen molar-refractivity contribution in [3.63, 3.8) is 0 Å². The molecular weight excluding hydrogens is 401 g/mol. The van der Waals surface area contributed by atoms with E-state index in [1.807, 2.05) is 0 Å². The molecule has 0 spiro atoms. The van der Waals surface area contributed by atoms with E-state index in [1.54, 1.807) is 12.1 Å². The standard InChI is InChI=1S/C20H25F3N4O3/c1-27-11-10-25-18(27)19(29,20(21,22)23)12-16(28)26-17-15(8-5-9-24-17)30-13-14-6-3-2-4-7-14/h5,8-11,14,29H,2-4,6-7,12-13H2,1H3,(H,24,26,28). The fourth-order valence-corrected chi connectivity index (χ4v) is 3.64. The van der Waals surface area contributed by atoms with Crippen LogP contribution in [0.2, 0.25) is 0 Å². The van der Waals surface area contributed by atoms with E-state index in [-0.39, 0.29) is 11.6 Å². The molecule has 0 aromatic carbocycles. The summed E-state index contributed by atoms with van der Waals surface area (Å²) < 4.78 is 47.7. The van der Waals surface area contributed by atoms with E-state index in [4.69, 9.17) is 4.74 Å². The van der Waals surface area contributed by atoms with Crippen LogP contribution in [0, 0.1) is 5.92 Å². The number of imidazole rings is 1. The first kappa shape index (κ1) is 22.1. The van der Waals surface area contributed by atoms with Gasteiger partial charge in [0.2, 0.25) is 11.5 Å². The molecule has 164 valence electrons. The summed E-state index contributed by atoms with van der Waals surface area (Å²) in [6, 6.07) is 3.21. The third kappa shape index (κ3) is 4.92. The number of carbonyl (C=O) groups excluding carboxylic acids is 1. The molecule has 1 saturated carbocycles. The van der Waals surface area contributed by atoms with Crippen molar-refractivity contribution < 1.29 is 27.8 Å². The van der Waals surface area contributed by atoms with Gasteiger partial charge in [-0.15, -0.1) is 0 Å². The number of amides is 1. The smallest absolute Gasteiger partial charge is 0.425 e. The quantitative estimate of drug-likeness (QED) is 0.707. The van der Waals surface area contributed by atoms with Crippen molar-refractivity contribution >= 4 is 11.7 Å². The molecule has 2 aromatic rings. The van der Waals surface area contributed by atoms with Crippen molar-refractivity contribution in [2.45, 2.75) is 50.3 Å². The Morgan fingerprint density at radius 1 is 1.27 bits per heavy atom. The summed E-state index contributed by atoms with van der Waals surface area (Å²) >= 11 is 0. The minimum Gasteiger partial charge on any atom is -0.489 e. The highest BCUT2D eigenvalue weighted by molar-refractivity contribution is 5.91. The summed E-state index contributed by atoms with van der Waals surface area (Å²) in [5, 5.41) is 12.7. The molecule has 1 atom stereocenters. The third-order valence-electron chi connectivity index (χ3n) is 5.30. The maximum atomic E-state index is 13.6. The molecule has 3 rings (SSSR count). The van der Waals surface area contributed by atoms with Crippen LogP contribution in [0.1, 0.15) is 44.3 Å². The van der Waals surface area contributed by atoms with Crippen LogP contribution >= 0.6 is 0 Å². The highest BCUT2D eigenvalue weighted by atomic mass is 19.4. The molecule has 10 heteroatoms. The molecule has 0 bridgehead atoms. The highest BCUT2D eigenvalue weighted by Gasteiger charge is 2.58. The highest BCUT2D eigenvalue weighted by Crippen LogP contribution is 2.41. The van der Waals surface area contributed by atoms with E-state index in [9.17, 15) is 23.1 Å². The minimum atomic E-state index is -5.10. The van der Waals surface area contributed by atoms with Crippen molar-refractivity contribution in [3.05, 3.63) is 36.5 Å². The van der Waals surface area contributed by atoms with Crippen molar-refractivity contribution in [1.29, 1.82) is 0 Å². The number of hydrogen-bond acceptors (Lipinski definition) is 5. The lowest BCUT2D eigenvalue weighted by molar-refractivity contribution is -0.270. The summed E-state index contributed by atoms with van der Waals surface area (Å²) in [4.78, 5) is 20.0. The SMILES string of the molecule is Cn1ccnc1C(O)(CC(=O)Nc1ncccc1OCC1CCCCC1)C(F)(F)F. The molecule has 0 radical (unpaired) electrons. The molecule has 0 aliphatic heterocycles. The Kier molecular flexibility index (Phi) is 6.64. The van der Waals surface area contributed by atoms with Gasteiger partial charge in [-0.3, -0.25) is 4.79 Å². The summed E-state index contributed by atoms with van der Waals surface area (Å²) in [5.74, 6) is -1.02. The average molecular weight is 426 g/mol. The van der Waals surface area contributed by atoms with Crippen molar-refractivity contribution in [1.82, 2.24) is 14.5 Å². The van der Waals surface area contributed by atoms with Gasteiger partial charge in [-0.25, -0.2) is 9.97 Å². The average Bonchev–Trinajstić information content (AvgIpc) is 3.13. The van der Waals surface area contributed by atoms with E-state index in [0.717, 1.165) is 36.4 Å². The zero-order chi connectivity index (χ0) is 21.8. The van der Waals surface area contributed by atoms with Gasteiger partial charge in [0.25, 0.3) is 0 Å². The lowest BCUT2D eigenvalue weighted by atomic mass is 9.90. The lowest BCUT2D eigenvalue weighted by Gasteiger charge is -2.29. The number of nitrogens with one attached hydrogen (secondary N) is 1. The van der Waals surface area contributed by atoms with Crippen LogP contribution in [-0.4, -0.2) is 38.3 Å². The molecule has 1 fully saturated rings. The number of rotatable bonds is 7. The summed E-state index contributed by atoms with van der Waals surface area (Å²) in [7, 11) is 1.31. The van der Waals surface area contributed by atoms with Gasteiger partial charge in [0.05, 0.1) is 13.0 Å². The van der Waals surface area contributed by atoms with Gasteiger partial charge in [0, 0.05) is 25.6 Å². The van der Waals surface area contributed by atoms with Crippen LogP contribution in [0.15, 0.2) is 30.7 Å². The Bertz CT molecular complexity index is 865. The first-order chi connectivity index (χ1) is 14.2. The number of aliphatic hydroxyl groups is 1. The Balaban J connectivity index is 1.71. The monoisotopic (exact) mass is 426 g/mol. The van der Waals surface area contributed by atoms with Gasteiger partial charge in [-0.2, -0.15) is 13.2 Å². The molecule has 30 heavy (non-hydrogen) atoms. The molecular formula is C20H25F3N4O3. The number of anilines is 1. The van der Waals surface area contributed by atoms with Gasteiger partial charge in [-0.05, 0) is 30.9 Å². The maximum Gasteiger partial charge on any atom is 0.425 e. The molecule has 2 heterocycles. The zero-order valence-corrected chi connectivity index (χ0v) is 16.7. The van der Waals surface area contributed by atoms with E-state index < -0.39 is 29.9 Å². The number of hydrogen-bond donors (Lipinski definition) is 2. The summed E-state index contributed by atoms with van der Waals surface area (Å²) in [5.41, 5.74) is -3.44. The second kappa shape index (κ2) is 9.03. The molecule has 2 N–H and O–H groups in total. The van der Waals surface area contributed by atoms with Crippen molar-refractivity contribution in [3.8, 4) is 5.75 Å². The van der Waals surface area contributed by atoms with E-state index >= 15 is 0 Å². The Morgan fingerprint density at radius 2 is 2.00 bits per heavy atom. The molecule has 7 nitrogen and oxygen atoms in total. The number of carbonyl (C=O) groups is 1. The molecule has 1 aliphatic carbocycles. The number of nitrogens with zero attached hydrogens (tertiary/aromatic N) is 3. The van der Waals surface area contributed by atoms with Gasteiger partial charge in [0.1, 0.15) is 0 Å². The third-order valence-corrected chi connectivity index (χ3v) is 5.30. The number of halogens is 3. The van der Waals surface area contributed by atoms with E-state index in [2.05, 4.69) is 15.3 Å². The first-order valence-electron chi connectivity index (χ1n) is 9.85.